The van der Waals surface area contributed by atoms with Crippen molar-refractivity contribution in [2.45, 2.75) is 32.9 Å². The van der Waals surface area contributed by atoms with Gasteiger partial charge >= 0.3 is 0 Å². The van der Waals surface area contributed by atoms with E-state index in [0.29, 0.717) is 0 Å². The van der Waals surface area contributed by atoms with Gasteiger partial charge in [0.2, 0.25) is 0 Å². The van der Waals surface area contributed by atoms with E-state index in [1.807, 2.05) is 13.0 Å². The van der Waals surface area contributed by atoms with Gasteiger partial charge in [-0.2, -0.15) is 0 Å². The summed E-state index contributed by atoms with van der Waals surface area (Å²) < 4.78 is 5.72. The van der Waals surface area contributed by atoms with E-state index in [2.05, 4.69) is 48.1 Å². The van der Waals surface area contributed by atoms with Crippen LogP contribution in [0.3, 0.4) is 0 Å². The predicted octanol–water partition coefficient (Wildman–Crippen LogP) is 3.42. The molecule has 0 spiro atoms. The minimum atomic E-state index is -0.0456. The molecule has 0 bridgehead atoms. The van der Waals surface area contributed by atoms with Crippen molar-refractivity contribution in [2.24, 2.45) is 4.99 Å². The summed E-state index contributed by atoms with van der Waals surface area (Å²) in [6.45, 7) is 6.04. The Balaban J connectivity index is 2.02. The third-order valence-corrected chi connectivity index (χ3v) is 3.28. The topological polar surface area (TPSA) is 34.5 Å². The lowest BCUT2D eigenvalue weighted by Crippen LogP contribution is -2.12. The average Bonchev–Trinajstić information content (AvgIpc) is 2.68. The zero-order valence-corrected chi connectivity index (χ0v) is 10.8. The van der Waals surface area contributed by atoms with Gasteiger partial charge in [0.25, 0.3) is 0 Å². The van der Waals surface area contributed by atoms with E-state index in [9.17, 15) is 0 Å². The molecule has 3 rings (SSSR count). The standard InChI is InChI=1S/C15H16N2O/c1-9-4-6-13-12(8-9)5-7-14(17-13)15-10(2)16-11(3)18-15/h4-8,10,15H,1-3H3. The maximum Gasteiger partial charge on any atom is 0.181 e. The summed E-state index contributed by atoms with van der Waals surface area (Å²) in [5.41, 5.74) is 3.22. The Morgan fingerprint density at radius 2 is 1.94 bits per heavy atom. The van der Waals surface area contributed by atoms with Crippen LogP contribution in [0.1, 0.15) is 31.2 Å². The molecule has 18 heavy (non-hydrogen) atoms. The van der Waals surface area contributed by atoms with Gasteiger partial charge < -0.3 is 4.74 Å². The first-order valence-electron chi connectivity index (χ1n) is 6.22. The van der Waals surface area contributed by atoms with Crippen LogP contribution in [0.25, 0.3) is 10.9 Å². The lowest BCUT2D eigenvalue weighted by atomic mass is 10.1. The van der Waals surface area contributed by atoms with E-state index < -0.39 is 0 Å². The number of ether oxygens (including phenoxy) is 1. The largest absolute Gasteiger partial charge is 0.469 e. The molecule has 1 aromatic heterocycles. The van der Waals surface area contributed by atoms with Gasteiger partial charge in [0, 0.05) is 12.3 Å². The van der Waals surface area contributed by atoms with Crippen molar-refractivity contribution in [3.05, 3.63) is 41.6 Å². The molecule has 0 amide bonds. The summed E-state index contributed by atoms with van der Waals surface area (Å²) in [4.78, 5) is 9.08. The van der Waals surface area contributed by atoms with Gasteiger partial charge in [0.15, 0.2) is 12.0 Å². The van der Waals surface area contributed by atoms with Gasteiger partial charge in [-0.1, -0.05) is 17.7 Å². The van der Waals surface area contributed by atoms with Crippen molar-refractivity contribution < 1.29 is 4.74 Å². The Kier molecular flexibility index (Phi) is 2.54. The predicted molar refractivity (Wildman–Crippen MR) is 72.9 cm³/mol. The molecule has 2 aromatic rings. The summed E-state index contributed by atoms with van der Waals surface area (Å²) >= 11 is 0. The second kappa shape index (κ2) is 4.09. The van der Waals surface area contributed by atoms with Gasteiger partial charge in [-0.25, -0.2) is 9.98 Å². The Hall–Kier alpha value is -1.90. The van der Waals surface area contributed by atoms with Crippen molar-refractivity contribution in [2.75, 3.05) is 0 Å². The van der Waals surface area contributed by atoms with Crippen LogP contribution in [-0.4, -0.2) is 16.9 Å². The highest BCUT2D eigenvalue weighted by atomic mass is 16.5. The molecule has 1 aromatic carbocycles. The number of benzene rings is 1. The summed E-state index contributed by atoms with van der Waals surface area (Å²) in [7, 11) is 0. The molecule has 0 saturated heterocycles. The van der Waals surface area contributed by atoms with Crippen molar-refractivity contribution in [1.82, 2.24) is 4.98 Å². The summed E-state index contributed by atoms with van der Waals surface area (Å²) in [5.74, 6) is 0.748. The number of pyridine rings is 1. The maximum absolute atomic E-state index is 5.72. The van der Waals surface area contributed by atoms with Gasteiger partial charge in [-0.3, -0.25) is 0 Å². The summed E-state index contributed by atoms with van der Waals surface area (Å²) in [6, 6.07) is 10.6. The number of aromatic nitrogens is 1. The monoisotopic (exact) mass is 240 g/mol. The molecule has 92 valence electrons. The van der Waals surface area contributed by atoms with E-state index in [4.69, 9.17) is 4.74 Å². The van der Waals surface area contributed by atoms with Gasteiger partial charge in [0.1, 0.15) is 0 Å². The second-order valence-corrected chi connectivity index (χ2v) is 4.86. The molecule has 1 aliphatic rings. The van der Waals surface area contributed by atoms with Crippen molar-refractivity contribution in [1.29, 1.82) is 0 Å². The Morgan fingerprint density at radius 1 is 1.11 bits per heavy atom. The third-order valence-electron chi connectivity index (χ3n) is 3.28. The normalized spacial score (nSPS) is 22.9. The highest BCUT2D eigenvalue weighted by Gasteiger charge is 2.28. The third kappa shape index (κ3) is 1.86. The zero-order chi connectivity index (χ0) is 12.7. The Bertz CT molecular complexity index is 633. The zero-order valence-electron chi connectivity index (χ0n) is 10.8. The fourth-order valence-electron chi connectivity index (χ4n) is 2.39. The van der Waals surface area contributed by atoms with Crippen LogP contribution in [0.5, 0.6) is 0 Å². The fraction of sp³-hybridized carbons (Fsp3) is 0.333. The van der Waals surface area contributed by atoms with Crippen molar-refractivity contribution in [3.8, 4) is 0 Å². The number of rotatable bonds is 1. The van der Waals surface area contributed by atoms with Gasteiger partial charge in [-0.15, -0.1) is 0 Å². The quantitative estimate of drug-likeness (QED) is 0.765. The number of fused-ring (bicyclic) bond motifs is 1. The summed E-state index contributed by atoms with van der Waals surface area (Å²) in [6.07, 6.45) is -0.0456. The molecule has 1 aliphatic heterocycles. The Morgan fingerprint density at radius 3 is 2.67 bits per heavy atom. The molecule has 2 heterocycles. The van der Waals surface area contributed by atoms with Crippen LogP contribution in [0, 0.1) is 6.92 Å². The van der Waals surface area contributed by atoms with Gasteiger partial charge in [-0.05, 0) is 32.0 Å². The van der Waals surface area contributed by atoms with Crippen LogP contribution in [0.4, 0.5) is 0 Å². The molecule has 0 aliphatic carbocycles. The van der Waals surface area contributed by atoms with Crippen LogP contribution in [0.15, 0.2) is 35.3 Å². The summed E-state index contributed by atoms with van der Waals surface area (Å²) in [5, 5.41) is 1.17. The van der Waals surface area contributed by atoms with Crippen LogP contribution in [0.2, 0.25) is 0 Å². The molecule has 2 unspecified atom stereocenters. The van der Waals surface area contributed by atoms with Crippen LogP contribution < -0.4 is 0 Å². The van der Waals surface area contributed by atoms with Gasteiger partial charge in [0.05, 0.1) is 17.3 Å². The van der Waals surface area contributed by atoms with E-state index in [0.717, 1.165) is 17.1 Å². The molecule has 2 atom stereocenters. The molecular weight excluding hydrogens is 224 g/mol. The van der Waals surface area contributed by atoms with E-state index in [1.165, 1.54) is 10.9 Å². The van der Waals surface area contributed by atoms with Crippen molar-refractivity contribution >= 4 is 16.8 Å². The lowest BCUT2D eigenvalue weighted by molar-refractivity contribution is 0.195. The fourth-order valence-corrected chi connectivity index (χ4v) is 2.39. The first kappa shape index (κ1) is 11.2. The molecule has 0 radical (unpaired) electrons. The first-order valence-corrected chi connectivity index (χ1v) is 6.22. The van der Waals surface area contributed by atoms with E-state index in [1.54, 1.807) is 0 Å². The molecule has 0 fully saturated rings. The minimum absolute atomic E-state index is 0.0456. The number of aliphatic imine (C=N–C) groups is 1. The number of hydrogen-bond acceptors (Lipinski definition) is 3. The lowest BCUT2D eigenvalue weighted by Gasteiger charge is -2.14. The average molecular weight is 240 g/mol. The highest BCUT2D eigenvalue weighted by Crippen LogP contribution is 2.28. The van der Waals surface area contributed by atoms with Crippen LogP contribution in [-0.2, 0) is 4.74 Å². The SMILES string of the molecule is CC1=NC(C)C(c2ccc3cc(C)ccc3n2)O1. The molecule has 0 saturated carbocycles. The number of hydrogen-bond donors (Lipinski definition) is 0. The molecule has 3 heteroatoms. The van der Waals surface area contributed by atoms with Crippen LogP contribution >= 0.6 is 0 Å². The number of nitrogens with zero attached hydrogens (tertiary/aromatic N) is 2. The minimum Gasteiger partial charge on any atom is -0.469 e. The molecule has 0 N–H and O–H groups in total. The maximum atomic E-state index is 5.72. The first-order chi connectivity index (χ1) is 8.63. The van der Waals surface area contributed by atoms with E-state index in [-0.39, 0.29) is 12.1 Å². The molecular formula is C15H16N2O. The smallest absolute Gasteiger partial charge is 0.181 e. The van der Waals surface area contributed by atoms with Crippen molar-refractivity contribution in [3.63, 3.8) is 0 Å². The molecule has 3 nitrogen and oxygen atoms in total. The van der Waals surface area contributed by atoms with E-state index >= 15 is 0 Å². The number of aryl methyl sites for hydroxylation is 1. The second-order valence-electron chi connectivity index (χ2n) is 4.86. The highest BCUT2D eigenvalue weighted by molar-refractivity contribution is 5.80. The Labute approximate surface area is 107 Å².